The molecule has 2 aromatic rings. The van der Waals surface area contributed by atoms with Crippen molar-refractivity contribution in [2.24, 2.45) is 0 Å². The highest BCUT2D eigenvalue weighted by Gasteiger charge is 2.40. The van der Waals surface area contributed by atoms with Crippen LogP contribution in [0.1, 0.15) is 16.8 Å². The zero-order valence-corrected chi connectivity index (χ0v) is 14.8. The first-order chi connectivity index (χ1) is 13.2. The van der Waals surface area contributed by atoms with Gasteiger partial charge in [-0.05, 0) is 30.3 Å². The monoisotopic (exact) mass is 410 g/mol. The van der Waals surface area contributed by atoms with Crippen LogP contribution in [0.2, 0.25) is 0 Å². The molecule has 1 aliphatic heterocycles. The van der Waals surface area contributed by atoms with E-state index in [1.54, 1.807) is 6.07 Å². The molecule has 2 aromatic carbocycles. The number of carboxylic acid groups (broad SMARTS) is 1. The number of halogens is 3. The Morgan fingerprint density at radius 3 is 2.36 bits per heavy atom. The van der Waals surface area contributed by atoms with Crippen LogP contribution in [0.5, 0.6) is 5.75 Å². The number of carboxylic acids is 1. The van der Waals surface area contributed by atoms with Gasteiger partial charge >= 0.3 is 6.36 Å². The summed E-state index contributed by atoms with van der Waals surface area (Å²) in [5, 5.41) is 10.3. The molecule has 0 saturated carbocycles. The summed E-state index contributed by atoms with van der Waals surface area (Å²) in [6.45, 7) is 0. The maximum Gasteiger partial charge on any atom is 0.573 e. The number of amides is 2. The third kappa shape index (κ3) is 4.28. The van der Waals surface area contributed by atoms with Crippen molar-refractivity contribution < 1.29 is 37.4 Å². The van der Waals surface area contributed by atoms with Crippen LogP contribution < -0.4 is 14.7 Å². The molecule has 1 atom stereocenters. The second kappa shape index (κ2) is 7.55. The van der Waals surface area contributed by atoms with E-state index >= 15 is 0 Å². The second-order valence-corrected chi connectivity index (χ2v) is 6.95. The van der Waals surface area contributed by atoms with Gasteiger partial charge in [-0.3, -0.25) is 9.59 Å². The largest absolute Gasteiger partial charge is 0.573 e. The number of aromatic carboxylic acids is 1. The number of rotatable bonds is 5. The van der Waals surface area contributed by atoms with Gasteiger partial charge in [0, 0.05) is 16.9 Å². The van der Waals surface area contributed by atoms with Gasteiger partial charge < -0.3 is 14.6 Å². The maximum absolute atomic E-state index is 12.6. The van der Waals surface area contributed by atoms with E-state index in [0.29, 0.717) is 0 Å². The highest BCUT2D eigenvalue weighted by Crippen LogP contribution is 2.36. The van der Waals surface area contributed by atoms with Crippen molar-refractivity contribution in [2.75, 3.05) is 4.90 Å². The number of carbonyl (C=O) groups excluding carboxylic acids is 3. The average molecular weight is 410 g/mol. The molecule has 0 aliphatic carbocycles. The summed E-state index contributed by atoms with van der Waals surface area (Å²) in [5.41, 5.74) is 0.000613. The summed E-state index contributed by atoms with van der Waals surface area (Å²) in [4.78, 5) is 37.2. The molecule has 1 saturated heterocycles. The highest BCUT2D eigenvalue weighted by molar-refractivity contribution is 8.00. The van der Waals surface area contributed by atoms with Gasteiger partial charge in [-0.25, -0.2) is 4.90 Å². The van der Waals surface area contributed by atoms with E-state index < -0.39 is 35.1 Å². The van der Waals surface area contributed by atoms with Gasteiger partial charge in [0.25, 0.3) is 0 Å². The van der Waals surface area contributed by atoms with Crippen molar-refractivity contribution in [1.29, 1.82) is 0 Å². The number of imide groups is 1. The van der Waals surface area contributed by atoms with Crippen molar-refractivity contribution in [2.45, 2.75) is 22.9 Å². The molecule has 28 heavy (non-hydrogen) atoms. The van der Waals surface area contributed by atoms with Crippen molar-refractivity contribution in [3.63, 3.8) is 0 Å². The molecule has 10 heteroatoms. The van der Waals surface area contributed by atoms with Gasteiger partial charge in [-0.15, -0.1) is 24.9 Å². The van der Waals surface area contributed by atoms with Gasteiger partial charge in [0.2, 0.25) is 11.8 Å². The number of hydrogen-bond donors (Lipinski definition) is 0. The molecular formula is C18H11F3NO5S-. The van der Waals surface area contributed by atoms with Crippen LogP contribution >= 0.6 is 11.8 Å². The SMILES string of the molecule is O=C([O-])c1ccccc1S[C@@H]1CC(=O)N(c2ccc(OC(F)(F)F)cc2)C1=O. The van der Waals surface area contributed by atoms with Crippen LogP contribution in [0.4, 0.5) is 18.9 Å². The van der Waals surface area contributed by atoms with Crippen LogP contribution in [0.25, 0.3) is 0 Å². The molecule has 6 nitrogen and oxygen atoms in total. The third-order valence-electron chi connectivity index (χ3n) is 3.81. The molecule has 0 unspecified atom stereocenters. The van der Waals surface area contributed by atoms with Crippen LogP contribution in [-0.4, -0.2) is 29.4 Å². The molecule has 0 aromatic heterocycles. The fourth-order valence-electron chi connectivity index (χ4n) is 2.66. The van der Waals surface area contributed by atoms with E-state index in [1.807, 2.05) is 0 Å². The number of nitrogens with zero attached hydrogens (tertiary/aromatic N) is 1. The second-order valence-electron chi connectivity index (χ2n) is 5.70. The minimum Gasteiger partial charge on any atom is -0.545 e. The van der Waals surface area contributed by atoms with E-state index in [9.17, 15) is 32.7 Å². The molecule has 1 heterocycles. The van der Waals surface area contributed by atoms with Gasteiger partial charge in [-0.1, -0.05) is 18.2 Å². The molecular weight excluding hydrogens is 399 g/mol. The number of anilines is 1. The lowest BCUT2D eigenvalue weighted by Gasteiger charge is -2.16. The predicted octanol–water partition coefficient (Wildman–Crippen LogP) is 2.37. The van der Waals surface area contributed by atoms with E-state index in [-0.39, 0.29) is 22.6 Å². The standard InChI is InChI=1S/C18H12F3NO5S/c19-18(20,21)27-11-7-5-10(6-8-11)22-15(23)9-14(16(22)24)28-13-4-2-1-3-12(13)17(25)26/h1-8,14H,9H2,(H,25,26)/p-1/t14-/m1/s1. The number of ether oxygens (including phenoxy) is 1. The van der Waals surface area contributed by atoms with Crippen LogP contribution in [0.15, 0.2) is 53.4 Å². The minimum absolute atomic E-state index is 0.0974. The summed E-state index contributed by atoms with van der Waals surface area (Å²) in [7, 11) is 0. The number of alkyl halides is 3. The lowest BCUT2D eigenvalue weighted by atomic mass is 10.2. The van der Waals surface area contributed by atoms with E-state index in [0.717, 1.165) is 28.8 Å². The Bertz CT molecular complexity index is 930. The summed E-state index contributed by atoms with van der Waals surface area (Å²) in [6, 6.07) is 10.2. The Kier molecular flexibility index (Phi) is 5.32. The molecule has 0 N–H and O–H groups in total. The molecule has 3 rings (SSSR count). The summed E-state index contributed by atoms with van der Waals surface area (Å²) in [5.74, 6) is -3.02. The quantitative estimate of drug-likeness (QED) is 0.704. The fraction of sp³-hybridized carbons (Fsp3) is 0.167. The molecule has 146 valence electrons. The number of benzene rings is 2. The fourth-order valence-corrected chi connectivity index (χ4v) is 3.83. The van der Waals surface area contributed by atoms with Gasteiger partial charge in [0.05, 0.1) is 16.9 Å². The van der Waals surface area contributed by atoms with E-state index in [4.69, 9.17) is 0 Å². The zero-order valence-electron chi connectivity index (χ0n) is 13.9. The smallest absolute Gasteiger partial charge is 0.545 e. The Morgan fingerprint density at radius 1 is 1.11 bits per heavy atom. The first kappa shape index (κ1) is 19.7. The lowest BCUT2D eigenvalue weighted by molar-refractivity contribution is -0.274. The van der Waals surface area contributed by atoms with E-state index in [1.165, 1.54) is 30.3 Å². The Labute approximate surface area is 160 Å². The maximum atomic E-state index is 12.6. The number of carbonyl (C=O) groups is 3. The Balaban J connectivity index is 1.78. The molecule has 2 amide bonds. The predicted molar refractivity (Wildman–Crippen MR) is 90.7 cm³/mol. The Morgan fingerprint density at radius 2 is 1.75 bits per heavy atom. The van der Waals surface area contributed by atoms with Gasteiger partial charge in [0.15, 0.2) is 0 Å². The Hall–Kier alpha value is -3.01. The first-order valence-electron chi connectivity index (χ1n) is 7.85. The van der Waals surface area contributed by atoms with Crippen LogP contribution in [-0.2, 0) is 9.59 Å². The van der Waals surface area contributed by atoms with Crippen molar-refractivity contribution in [3.8, 4) is 5.75 Å². The molecule has 0 radical (unpaired) electrons. The number of thioether (sulfide) groups is 1. The van der Waals surface area contributed by atoms with Gasteiger partial charge in [0.1, 0.15) is 5.75 Å². The number of hydrogen-bond acceptors (Lipinski definition) is 6. The molecule has 0 spiro atoms. The summed E-state index contributed by atoms with van der Waals surface area (Å²) in [6.07, 6.45) is -5.03. The molecule has 1 fully saturated rings. The van der Waals surface area contributed by atoms with Crippen LogP contribution in [0, 0.1) is 0 Å². The summed E-state index contributed by atoms with van der Waals surface area (Å²) >= 11 is 0.921. The first-order valence-corrected chi connectivity index (χ1v) is 8.73. The normalized spacial score (nSPS) is 17.1. The highest BCUT2D eigenvalue weighted by atomic mass is 32.2. The molecule has 0 bridgehead atoms. The zero-order chi connectivity index (χ0) is 20.5. The van der Waals surface area contributed by atoms with E-state index in [2.05, 4.69) is 4.74 Å². The van der Waals surface area contributed by atoms with Crippen LogP contribution in [0.3, 0.4) is 0 Å². The average Bonchev–Trinajstić information content (AvgIpc) is 2.88. The van der Waals surface area contributed by atoms with Crippen molar-refractivity contribution in [1.82, 2.24) is 0 Å². The topological polar surface area (TPSA) is 86.7 Å². The minimum atomic E-state index is -4.85. The molecule has 1 aliphatic rings. The van der Waals surface area contributed by atoms with Crippen molar-refractivity contribution >= 4 is 35.2 Å². The van der Waals surface area contributed by atoms with Gasteiger partial charge in [-0.2, -0.15) is 0 Å². The lowest BCUT2D eigenvalue weighted by Crippen LogP contribution is -2.31. The third-order valence-corrected chi connectivity index (χ3v) is 5.07. The van der Waals surface area contributed by atoms with Crippen molar-refractivity contribution in [3.05, 3.63) is 54.1 Å². The summed E-state index contributed by atoms with van der Waals surface area (Å²) < 4.78 is 40.4.